The maximum absolute atomic E-state index is 12.9. The van der Waals surface area contributed by atoms with Crippen LogP contribution in [-0.4, -0.2) is 53.2 Å². The lowest BCUT2D eigenvalue weighted by atomic mass is 10.1. The molecule has 0 saturated heterocycles. The third-order valence-electron chi connectivity index (χ3n) is 6.18. The Bertz CT molecular complexity index is 1140. The van der Waals surface area contributed by atoms with Gasteiger partial charge in [-0.15, -0.1) is 0 Å². The summed E-state index contributed by atoms with van der Waals surface area (Å²) in [4.78, 5) is 20.4. The van der Waals surface area contributed by atoms with Gasteiger partial charge in [0.15, 0.2) is 5.11 Å². The van der Waals surface area contributed by atoms with Gasteiger partial charge < -0.3 is 24.8 Å². The number of aromatic amines is 1. The highest BCUT2D eigenvalue weighted by Gasteiger charge is 2.14. The van der Waals surface area contributed by atoms with Crippen molar-refractivity contribution in [1.29, 1.82) is 0 Å². The minimum atomic E-state index is -0.0715. The van der Waals surface area contributed by atoms with Gasteiger partial charge in [0.2, 0.25) is 0 Å². The molecule has 0 aliphatic carbocycles. The fourth-order valence-electron chi connectivity index (χ4n) is 4.00. The summed E-state index contributed by atoms with van der Waals surface area (Å²) in [6.07, 6.45) is 1.91. The minimum absolute atomic E-state index is 0.0715. The quantitative estimate of drug-likeness (QED) is 0.376. The van der Waals surface area contributed by atoms with E-state index in [1.165, 1.54) is 5.56 Å². The number of hydrogen-bond donors (Lipinski definition) is 2. The largest absolute Gasteiger partial charge is 0.497 e. The second-order valence-electron chi connectivity index (χ2n) is 8.36. The van der Waals surface area contributed by atoms with Crippen LogP contribution in [0.1, 0.15) is 38.3 Å². The van der Waals surface area contributed by atoms with Crippen molar-refractivity contribution in [3.8, 4) is 5.75 Å². The summed E-state index contributed by atoms with van der Waals surface area (Å²) in [6.45, 7) is 10.7. The van der Waals surface area contributed by atoms with Crippen molar-refractivity contribution in [3.05, 3.63) is 70.0 Å². The molecule has 34 heavy (non-hydrogen) atoms. The number of rotatable bonds is 11. The van der Waals surface area contributed by atoms with Crippen LogP contribution >= 0.6 is 12.2 Å². The molecule has 0 aliphatic heterocycles. The molecule has 1 heterocycles. The van der Waals surface area contributed by atoms with Crippen molar-refractivity contribution in [2.45, 2.75) is 40.2 Å². The van der Waals surface area contributed by atoms with Gasteiger partial charge in [-0.05, 0) is 98.1 Å². The van der Waals surface area contributed by atoms with E-state index in [-0.39, 0.29) is 5.56 Å². The van der Waals surface area contributed by atoms with E-state index in [0.717, 1.165) is 61.4 Å². The van der Waals surface area contributed by atoms with Gasteiger partial charge >= 0.3 is 0 Å². The average Bonchev–Trinajstić information content (AvgIpc) is 2.86. The maximum atomic E-state index is 12.9. The second-order valence-corrected chi connectivity index (χ2v) is 8.75. The zero-order valence-electron chi connectivity index (χ0n) is 20.7. The molecule has 0 saturated carbocycles. The van der Waals surface area contributed by atoms with Crippen molar-refractivity contribution in [2.75, 3.05) is 38.6 Å². The molecule has 1 aromatic heterocycles. The lowest BCUT2D eigenvalue weighted by Crippen LogP contribution is -2.38. The van der Waals surface area contributed by atoms with Gasteiger partial charge in [0.1, 0.15) is 5.75 Å². The van der Waals surface area contributed by atoms with E-state index in [0.29, 0.717) is 17.2 Å². The van der Waals surface area contributed by atoms with Crippen molar-refractivity contribution in [2.24, 2.45) is 0 Å². The average molecular weight is 481 g/mol. The topological polar surface area (TPSA) is 60.6 Å². The molecule has 0 unspecified atom stereocenters. The SMILES string of the molecule is CCc1ccc2[nH]c(=O)c(CN(CCCN(CC)CC)C(=S)Nc3ccc(OC)cc3)cc2c1. The van der Waals surface area contributed by atoms with Gasteiger partial charge in [0, 0.05) is 23.3 Å². The zero-order chi connectivity index (χ0) is 24.5. The van der Waals surface area contributed by atoms with Crippen LogP contribution in [0.4, 0.5) is 5.69 Å². The van der Waals surface area contributed by atoms with Gasteiger partial charge in [-0.25, -0.2) is 0 Å². The van der Waals surface area contributed by atoms with E-state index in [2.05, 4.69) is 53.0 Å². The number of pyridine rings is 1. The number of nitrogens with zero attached hydrogens (tertiary/aromatic N) is 2. The summed E-state index contributed by atoms with van der Waals surface area (Å²) < 4.78 is 5.25. The number of ether oxygens (including phenoxy) is 1. The molecule has 0 amide bonds. The second kappa shape index (κ2) is 12.5. The predicted molar refractivity (Wildman–Crippen MR) is 146 cm³/mol. The number of fused-ring (bicyclic) bond motifs is 1. The van der Waals surface area contributed by atoms with Gasteiger partial charge in [-0.1, -0.05) is 26.8 Å². The predicted octanol–water partition coefficient (Wildman–Crippen LogP) is 5.03. The highest BCUT2D eigenvalue weighted by Crippen LogP contribution is 2.18. The standard InChI is InChI=1S/C27H36N4O2S/c1-5-20-9-14-25-21(17-20)18-22(26(32)29-25)19-31(16-8-15-30(6-2)7-3)27(34)28-23-10-12-24(33-4)13-11-23/h9-14,17-18H,5-8,15-16,19H2,1-4H3,(H,28,34)(H,29,32). The van der Waals surface area contributed by atoms with Crippen molar-refractivity contribution in [3.63, 3.8) is 0 Å². The van der Waals surface area contributed by atoms with Gasteiger partial charge in [-0.2, -0.15) is 0 Å². The van der Waals surface area contributed by atoms with Crippen LogP contribution in [0.2, 0.25) is 0 Å². The van der Waals surface area contributed by atoms with E-state index < -0.39 is 0 Å². The third-order valence-corrected chi connectivity index (χ3v) is 6.54. The molecule has 6 nitrogen and oxygen atoms in total. The Balaban J connectivity index is 1.82. The molecule has 0 aliphatic rings. The fraction of sp³-hybridized carbons (Fsp3) is 0.407. The summed E-state index contributed by atoms with van der Waals surface area (Å²) in [5.41, 5.74) is 3.64. The molecule has 3 aromatic rings. The minimum Gasteiger partial charge on any atom is -0.497 e. The molecule has 2 N–H and O–H groups in total. The van der Waals surface area contributed by atoms with Crippen LogP contribution in [0, 0.1) is 0 Å². The van der Waals surface area contributed by atoms with E-state index in [1.54, 1.807) is 7.11 Å². The number of thiocarbonyl (C=S) groups is 1. The van der Waals surface area contributed by atoms with Gasteiger partial charge in [0.25, 0.3) is 5.56 Å². The summed E-state index contributed by atoms with van der Waals surface area (Å²) >= 11 is 5.79. The lowest BCUT2D eigenvalue weighted by molar-refractivity contribution is 0.281. The van der Waals surface area contributed by atoms with Crippen molar-refractivity contribution >= 4 is 33.9 Å². The van der Waals surface area contributed by atoms with Crippen LogP contribution in [-0.2, 0) is 13.0 Å². The third kappa shape index (κ3) is 6.81. The molecule has 0 atom stereocenters. The van der Waals surface area contributed by atoms with Crippen LogP contribution in [0.3, 0.4) is 0 Å². The van der Waals surface area contributed by atoms with E-state index in [1.807, 2.05) is 36.4 Å². The molecular formula is C27H36N4O2S. The maximum Gasteiger partial charge on any atom is 0.253 e. The summed E-state index contributed by atoms with van der Waals surface area (Å²) in [5.74, 6) is 0.793. The smallest absolute Gasteiger partial charge is 0.253 e. The van der Waals surface area contributed by atoms with Crippen molar-refractivity contribution in [1.82, 2.24) is 14.8 Å². The van der Waals surface area contributed by atoms with Crippen LogP contribution in [0.25, 0.3) is 10.9 Å². The van der Waals surface area contributed by atoms with E-state index in [9.17, 15) is 4.79 Å². The number of hydrogen-bond acceptors (Lipinski definition) is 4. The normalized spacial score (nSPS) is 11.1. The first-order chi connectivity index (χ1) is 16.5. The molecule has 0 radical (unpaired) electrons. The Morgan fingerprint density at radius 3 is 2.41 bits per heavy atom. The lowest BCUT2D eigenvalue weighted by Gasteiger charge is -2.27. The Morgan fingerprint density at radius 2 is 1.76 bits per heavy atom. The Hall–Kier alpha value is -2.90. The van der Waals surface area contributed by atoms with Gasteiger partial charge in [0.05, 0.1) is 13.7 Å². The number of anilines is 1. The molecule has 3 rings (SSSR count). The molecule has 7 heteroatoms. The monoisotopic (exact) mass is 480 g/mol. The van der Waals surface area contributed by atoms with Crippen LogP contribution < -0.4 is 15.6 Å². The number of aryl methyl sites for hydroxylation is 1. The summed E-state index contributed by atoms with van der Waals surface area (Å²) in [7, 11) is 1.65. The van der Waals surface area contributed by atoms with Crippen LogP contribution in [0.15, 0.2) is 53.3 Å². The Morgan fingerprint density at radius 1 is 1.03 bits per heavy atom. The highest BCUT2D eigenvalue weighted by molar-refractivity contribution is 7.80. The number of methoxy groups -OCH3 is 1. The zero-order valence-corrected chi connectivity index (χ0v) is 21.5. The number of aromatic nitrogens is 1. The number of nitrogens with one attached hydrogen (secondary N) is 2. The fourth-order valence-corrected chi connectivity index (χ4v) is 4.27. The van der Waals surface area contributed by atoms with E-state index >= 15 is 0 Å². The van der Waals surface area contributed by atoms with Crippen LogP contribution in [0.5, 0.6) is 5.75 Å². The molecular weight excluding hydrogens is 444 g/mol. The van der Waals surface area contributed by atoms with Gasteiger partial charge in [-0.3, -0.25) is 4.79 Å². The Labute approximate surface area is 207 Å². The first-order valence-electron chi connectivity index (χ1n) is 12.0. The Kier molecular flexibility index (Phi) is 9.48. The molecule has 0 fully saturated rings. The van der Waals surface area contributed by atoms with Crippen molar-refractivity contribution < 1.29 is 4.74 Å². The highest BCUT2D eigenvalue weighted by atomic mass is 32.1. The number of H-pyrrole nitrogens is 1. The summed E-state index contributed by atoms with van der Waals surface area (Å²) in [5, 5.41) is 4.98. The van der Waals surface area contributed by atoms with E-state index in [4.69, 9.17) is 17.0 Å². The molecule has 2 aromatic carbocycles. The summed E-state index contributed by atoms with van der Waals surface area (Å²) in [6, 6.07) is 15.9. The first kappa shape index (κ1) is 25.7. The molecule has 0 bridgehead atoms. The molecule has 0 spiro atoms. The first-order valence-corrected chi connectivity index (χ1v) is 12.4. The molecule has 182 valence electrons. The number of benzene rings is 2.